The van der Waals surface area contributed by atoms with Crippen molar-refractivity contribution in [1.82, 2.24) is 0 Å². The fraction of sp³-hybridized carbons (Fsp3) is 0.231. The van der Waals surface area contributed by atoms with E-state index in [0.29, 0.717) is 41.7 Å². The summed E-state index contributed by atoms with van der Waals surface area (Å²) in [4.78, 5) is 26.3. The van der Waals surface area contributed by atoms with Crippen LogP contribution in [0.2, 0.25) is 0 Å². The molecule has 0 atom stereocenters. The van der Waals surface area contributed by atoms with E-state index in [1.165, 1.54) is 11.8 Å². The Morgan fingerprint density at radius 3 is 2.06 bits per heavy atom. The summed E-state index contributed by atoms with van der Waals surface area (Å²) in [5.74, 6) is 0.743. The maximum Gasteiger partial charge on any atom is 0.255 e. The number of ether oxygens (including phenoxy) is 2. The van der Waals surface area contributed by atoms with Crippen LogP contribution in [0.3, 0.4) is 0 Å². The van der Waals surface area contributed by atoms with Gasteiger partial charge in [0.15, 0.2) is 0 Å². The van der Waals surface area contributed by atoms with Crippen molar-refractivity contribution in [2.45, 2.75) is 25.7 Å². The number of hydrogen-bond donors (Lipinski definition) is 2. The van der Waals surface area contributed by atoms with Crippen LogP contribution in [0.4, 0.5) is 11.4 Å². The predicted molar refractivity (Wildman–Crippen MR) is 134 cm³/mol. The molecule has 0 bridgehead atoms. The average molecular weight is 465 g/mol. The number of amides is 2. The summed E-state index contributed by atoms with van der Waals surface area (Å²) < 4.78 is 11.5. The monoisotopic (exact) mass is 464 g/mol. The van der Waals surface area contributed by atoms with Gasteiger partial charge >= 0.3 is 0 Å². The Balaban J connectivity index is 1.79. The molecular formula is C26H28N2O4S. The quantitative estimate of drug-likeness (QED) is 0.372. The minimum atomic E-state index is -0.259. The molecular weight excluding hydrogens is 436 g/mol. The van der Waals surface area contributed by atoms with Crippen molar-refractivity contribution in [2.75, 3.05) is 29.6 Å². The highest BCUT2D eigenvalue weighted by molar-refractivity contribution is 8.00. The summed E-state index contributed by atoms with van der Waals surface area (Å²) in [7, 11) is 0. The lowest BCUT2D eigenvalue weighted by atomic mass is 10.2. The molecule has 33 heavy (non-hydrogen) atoms. The lowest BCUT2D eigenvalue weighted by Crippen LogP contribution is -2.16. The Morgan fingerprint density at radius 1 is 0.818 bits per heavy atom. The summed E-state index contributed by atoms with van der Waals surface area (Å²) >= 11 is 1.46. The van der Waals surface area contributed by atoms with Gasteiger partial charge in [-0.15, -0.1) is 11.8 Å². The maximum atomic E-state index is 12.7. The van der Waals surface area contributed by atoms with Crippen LogP contribution in [0, 0.1) is 6.92 Å². The first-order chi connectivity index (χ1) is 16.0. The Hall–Kier alpha value is -3.45. The molecule has 3 aromatic carbocycles. The number of hydrogen-bond acceptors (Lipinski definition) is 5. The molecule has 3 aromatic rings. The zero-order chi connectivity index (χ0) is 23.6. The van der Waals surface area contributed by atoms with Crippen molar-refractivity contribution >= 4 is 35.0 Å². The number of nitrogens with one attached hydrogen (secondary N) is 2. The summed E-state index contributed by atoms with van der Waals surface area (Å²) in [6.45, 7) is 6.54. The van der Waals surface area contributed by atoms with Crippen LogP contribution in [0.5, 0.6) is 11.5 Å². The van der Waals surface area contributed by atoms with Gasteiger partial charge in [-0.25, -0.2) is 0 Å². The van der Waals surface area contributed by atoms with Crippen molar-refractivity contribution in [3.05, 3.63) is 77.9 Å². The second-order valence-corrected chi connectivity index (χ2v) is 8.23. The van der Waals surface area contributed by atoms with Crippen molar-refractivity contribution in [1.29, 1.82) is 0 Å². The van der Waals surface area contributed by atoms with E-state index in [-0.39, 0.29) is 17.6 Å². The number of aryl methyl sites for hydroxylation is 1. The molecule has 0 aliphatic rings. The maximum absolute atomic E-state index is 12.7. The summed E-state index contributed by atoms with van der Waals surface area (Å²) in [5.41, 5.74) is 2.64. The zero-order valence-electron chi connectivity index (χ0n) is 19.0. The Labute approximate surface area is 198 Å². The normalized spacial score (nSPS) is 10.4. The summed E-state index contributed by atoms with van der Waals surface area (Å²) in [6, 6.07) is 20.3. The van der Waals surface area contributed by atoms with Crippen molar-refractivity contribution in [3.8, 4) is 11.5 Å². The molecule has 0 saturated heterocycles. The second kappa shape index (κ2) is 12.0. The van der Waals surface area contributed by atoms with Crippen LogP contribution in [-0.4, -0.2) is 30.8 Å². The minimum absolute atomic E-state index is 0.161. The standard InChI is InChI=1S/C26H28N2O4S/c1-4-31-23-16-22(28-26(30)19-11-7-6-8-12-19)24(32-5-2)15-21(23)27-25(29)17-33-20-13-9-10-18(3)14-20/h6-16H,4-5,17H2,1-3H3,(H,27,29)(H,28,30). The molecule has 0 aliphatic carbocycles. The molecule has 172 valence electrons. The van der Waals surface area contributed by atoms with Gasteiger partial charge in [0.25, 0.3) is 5.91 Å². The summed E-state index contributed by atoms with van der Waals surface area (Å²) in [6.07, 6.45) is 0. The molecule has 0 fully saturated rings. The van der Waals surface area contributed by atoms with Gasteiger partial charge in [-0.2, -0.15) is 0 Å². The predicted octanol–water partition coefficient (Wildman–Crippen LogP) is 5.78. The van der Waals surface area contributed by atoms with Gasteiger partial charge in [0, 0.05) is 22.6 Å². The van der Waals surface area contributed by atoms with E-state index in [1.807, 2.05) is 51.1 Å². The smallest absolute Gasteiger partial charge is 0.255 e. The number of thioether (sulfide) groups is 1. The number of rotatable bonds is 10. The highest BCUT2D eigenvalue weighted by Gasteiger charge is 2.17. The Kier molecular flexibility index (Phi) is 8.78. The van der Waals surface area contributed by atoms with Gasteiger partial charge in [-0.05, 0) is 45.0 Å². The zero-order valence-corrected chi connectivity index (χ0v) is 19.8. The lowest BCUT2D eigenvalue weighted by Gasteiger charge is -2.18. The third-order valence-electron chi connectivity index (χ3n) is 4.60. The molecule has 0 spiro atoms. The largest absolute Gasteiger partial charge is 0.492 e. The third-order valence-corrected chi connectivity index (χ3v) is 5.59. The molecule has 6 nitrogen and oxygen atoms in total. The van der Waals surface area contributed by atoms with Crippen LogP contribution < -0.4 is 20.1 Å². The topological polar surface area (TPSA) is 76.7 Å². The minimum Gasteiger partial charge on any atom is -0.492 e. The number of carbonyl (C=O) groups excluding carboxylic acids is 2. The molecule has 2 amide bonds. The molecule has 0 aromatic heterocycles. The van der Waals surface area contributed by atoms with E-state index in [2.05, 4.69) is 10.6 Å². The van der Waals surface area contributed by atoms with Crippen LogP contribution in [0.15, 0.2) is 71.6 Å². The van der Waals surface area contributed by atoms with E-state index in [1.54, 1.807) is 36.4 Å². The van der Waals surface area contributed by atoms with Crippen LogP contribution in [0.25, 0.3) is 0 Å². The highest BCUT2D eigenvalue weighted by atomic mass is 32.2. The van der Waals surface area contributed by atoms with Gasteiger partial charge in [0.1, 0.15) is 11.5 Å². The average Bonchev–Trinajstić information content (AvgIpc) is 2.81. The van der Waals surface area contributed by atoms with Crippen molar-refractivity contribution < 1.29 is 19.1 Å². The third kappa shape index (κ3) is 7.02. The van der Waals surface area contributed by atoms with Crippen LogP contribution in [-0.2, 0) is 4.79 Å². The first-order valence-corrected chi connectivity index (χ1v) is 11.8. The SMILES string of the molecule is CCOc1cc(NC(=O)c2ccccc2)c(OCC)cc1NC(=O)CSc1cccc(C)c1. The Bertz CT molecular complexity index is 1100. The van der Waals surface area contributed by atoms with E-state index in [9.17, 15) is 9.59 Å². The number of benzene rings is 3. The molecule has 2 N–H and O–H groups in total. The van der Waals surface area contributed by atoms with Crippen molar-refractivity contribution in [2.24, 2.45) is 0 Å². The fourth-order valence-electron chi connectivity index (χ4n) is 3.13. The van der Waals surface area contributed by atoms with Crippen LogP contribution in [0.1, 0.15) is 29.8 Å². The van der Waals surface area contributed by atoms with Gasteiger partial charge in [0.2, 0.25) is 5.91 Å². The molecule has 7 heteroatoms. The Morgan fingerprint density at radius 2 is 1.45 bits per heavy atom. The van der Waals surface area contributed by atoms with E-state index >= 15 is 0 Å². The van der Waals surface area contributed by atoms with E-state index < -0.39 is 0 Å². The van der Waals surface area contributed by atoms with E-state index in [4.69, 9.17) is 9.47 Å². The molecule has 0 heterocycles. The van der Waals surface area contributed by atoms with E-state index in [0.717, 1.165) is 10.5 Å². The van der Waals surface area contributed by atoms with Gasteiger partial charge in [-0.1, -0.05) is 35.9 Å². The first-order valence-electron chi connectivity index (χ1n) is 10.8. The molecule has 0 saturated carbocycles. The first kappa shape index (κ1) is 24.2. The van der Waals surface area contributed by atoms with Crippen molar-refractivity contribution in [3.63, 3.8) is 0 Å². The van der Waals surface area contributed by atoms with Gasteiger partial charge in [-0.3, -0.25) is 9.59 Å². The van der Waals surface area contributed by atoms with Gasteiger partial charge < -0.3 is 20.1 Å². The van der Waals surface area contributed by atoms with Crippen LogP contribution >= 0.6 is 11.8 Å². The van der Waals surface area contributed by atoms with Gasteiger partial charge in [0.05, 0.1) is 30.3 Å². The lowest BCUT2D eigenvalue weighted by molar-refractivity contribution is -0.113. The molecule has 0 unspecified atom stereocenters. The molecule has 0 radical (unpaired) electrons. The second-order valence-electron chi connectivity index (χ2n) is 7.18. The molecule has 3 rings (SSSR count). The summed E-state index contributed by atoms with van der Waals surface area (Å²) in [5, 5.41) is 5.80. The highest BCUT2D eigenvalue weighted by Crippen LogP contribution is 2.37. The number of anilines is 2. The molecule has 0 aliphatic heterocycles. The number of carbonyl (C=O) groups is 2. The fourth-order valence-corrected chi connectivity index (χ4v) is 3.94.